The van der Waals surface area contributed by atoms with Gasteiger partial charge in [-0.15, -0.1) is 0 Å². The number of carbonyl (C=O) groups is 1. The normalized spacial score (nSPS) is 12.3. The lowest BCUT2D eigenvalue weighted by atomic mass is 10.4. The van der Waals surface area contributed by atoms with Gasteiger partial charge in [0, 0.05) is 19.6 Å². The lowest BCUT2D eigenvalue weighted by Crippen LogP contribution is -2.37. The molecule has 0 radical (unpaired) electrons. The fourth-order valence-electron chi connectivity index (χ4n) is 1.92. The Morgan fingerprint density at radius 2 is 1.90 bits per heavy atom. The number of sulfonamides is 1. The first-order valence-corrected chi connectivity index (χ1v) is 8.09. The Morgan fingerprint density at radius 3 is 2.38 bits per heavy atom. The van der Waals surface area contributed by atoms with E-state index in [0.29, 0.717) is 26.1 Å². The Bertz CT molecular complexity index is 594. The fourth-order valence-corrected chi connectivity index (χ4v) is 3.73. The maximum atomic E-state index is 12.7. The van der Waals surface area contributed by atoms with Gasteiger partial charge in [-0.05, 0) is 27.4 Å². The highest BCUT2D eigenvalue weighted by molar-refractivity contribution is 7.89. The lowest BCUT2D eigenvalue weighted by molar-refractivity contribution is 0.0686. The van der Waals surface area contributed by atoms with Gasteiger partial charge >= 0.3 is 5.97 Å². The zero-order valence-corrected chi connectivity index (χ0v) is 13.6. The van der Waals surface area contributed by atoms with Gasteiger partial charge in [0.25, 0.3) is 0 Å². The third-order valence-corrected chi connectivity index (χ3v) is 5.02. The highest BCUT2D eigenvalue weighted by Gasteiger charge is 2.32. The maximum Gasteiger partial charge on any atom is 0.357 e. The number of carboxylic acids is 1. The molecule has 0 spiro atoms. The number of nitrogens with zero attached hydrogens (tertiary/aromatic N) is 3. The second kappa shape index (κ2) is 7.01. The SMILES string of the molecule is CCCN(CCN(C)C)S(=O)(=O)c1c(C(=O)O)n[nH]c1C. The van der Waals surface area contributed by atoms with Crippen LogP contribution in [-0.4, -0.2) is 72.6 Å². The van der Waals surface area contributed by atoms with E-state index in [1.165, 1.54) is 11.2 Å². The summed E-state index contributed by atoms with van der Waals surface area (Å²) in [7, 11) is -0.190. The van der Waals surface area contributed by atoms with Crippen molar-refractivity contribution in [3.8, 4) is 0 Å². The number of nitrogens with one attached hydrogen (secondary N) is 1. The summed E-state index contributed by atoms with van der Waals surface area (Å²) in [5, 5.41) is 15.1. The zero-order valence-electron chi connectivity index (χ0n) is 12.8. The van der Waals surface area contributed by atoms with Crippen molar-refractivity contribution >= 4 is 16.0 Å². The fraction of sp³-hybridized carbons (Fsp3) is 0.667. The third-order valence-electron chi connectivity index (χ3n) is 2.96. The van der Waals surface area contributed by atoms with Crippen molar-refractivity contribution in [3.05, 3.63) is 11.4 Å². The quantitative estimate of drug-likeness (QED) is 0.717. The minimum absolute atomic E-state index is 0.235. The maximum absolute atomic E-state index is 12.7. The van der Waals surface area contributed by atoms with Gasteiger partial charge in [-0.2, -0.15) is 9.40 Å². The van der Waals surface area contributed by atoms with E-state index in [1.807, 2.05) is 25.9 Å². The van der Waals surface area contributed by atoms with Gasteiger partial charge in [-0.25, -0.2) is 13.2 Å². The van der Waals surface area contributed by atoms with E-state index < -0.39 is 21.7 Å². The minimum Gasteiger partial charge on any atom is -0.476 e. The van der Waals surface area contributed by atoms with Gasteiger partial charge in [0.2, 0.25) is 10.0 Å². The molecule has 1 rings (SSSR count). The Balaban J connectivity index is 3.22. The van der Waals surface area contributed by atoms with Gasteiger partial charge in [0.15, 0.2) is 5.69 Å². The van der Waals surface area contributed by atoms with Crippen LogP contribution in [0.15, 0.2) is 4.90 Å². The number of aromatic carboxylic acids is 1. The summed E-state index contributed by atoms with van der Waals surface area (Å²) in [6.07, 6.45) is 0.645. The van der Waals surface area contributed by atoms with Crippen LogP contribution in [0, 0.1) is 6.92 Å². The summed E-state index contributed by atoms with van der Waals surface area (Å²) in [5.74, 6) is -1.36. The molecule has 2 N–H and O–H groups in total. The topological polar surface area (TPSA) is 107 Å². The molecule has 0 amide bonds. The van der Waals surface area contributed by atoms with Crippen LogP contribution in [0.3, 0.4) is 0 Å². The van der Waals surface area contributed by atoms with Crippen molar-refractivity contribution in [2.45, 2.75) is 25.2 Å². The molecule has 0 aliphatic rings. The number of likely N-dealkylation sites (N-methyl/N-ethyl adjacent to an activating group) is 1. The predicted octanol–water partition coefficient (Wildman–Crippen LogP) is 0.379. The number of aryl methyl sites for hydroxylation is 1. The third kappa shape index (κ3) is 4.02. The lowest BCUT2D eigenvalue weighted by Gasteiger charge is -2.23. The van der Waals surface area contributed by atoms with E-state index in [4.69, 9.17) is 5.11 Å². The summed E-state index contributed by atoms with van der Waals surface area (Å²) in [6, 6.07) is 0. The van der Waals surface area contributed by atoms with Crippen LogP contribution in [-0.2, 0) is 10.0 Å². The molecule has 1 aromatic heterocycles. The minimum atomic E-state index is -3.89. The average Bonchev–Trinajstić information content (AvgIpc) is 2.76. The summed E-state index contributed by atoms with van der Waals surface area (Å²) in [4.78, 5) is 12.8. The van der Waals surface area contributed by atoms with E-state index in [0.717, 1.165) is 0 Å². The number of carboxylic acid groups (broad SMARTS) is 1. The molecule has 0 atom stereocenters. The van der Waals surface area contributed by atoms with Crippen molar-refractivity contribution in [1.29, 1.82) is 0 Å². The van der Waals surface area contributed by atoms with Crippen LogP contribution in [0.25, 0.3) is 0 Å². The highest BCUT2D eigenvalue weighted by atomic mass is 32.2. The first kappa shape index (κ1) is 17.6. The standard InChI is InChI=1S/C12H22N4O4S/c1-5-6-16(8-7-15(3)4)21(19,20)11-9(2)13-14-10(11)12(17)18/h5-8H2,1-4H3,(H,13,14)(H,17,18). The number of aromatic amines is 1. The molecule has 0 saturated carbocycles. The molecule has 0 fully saturated rings. The molecule has 1 heterocycles. The monoisotopic (exact) mass is 318 g/mol. The number of rotatable bonds is 8. The number of hydrogen-bond acceptors (Lipinski definition) is 5. The number of H-pyrrole nitrogens is 1. The van der Waals surface area contributed by atoms with Crippen molar-refractivity contribution < 1.29 is 18.3 Å². The molecular formula is C12H22N4O4S. The van der Waals surface area contributed by atoms with Crippen LogP contribution in [0.2, 0.25) is 0 Å². The van der Waals surface area contributed by atoms with Crippen molar-refractivity contribution in [3.63, 3.8) is 0 Å². The van der Waals surface area contributed by atoms with Gasteiger partial charge in [-0.1, -0.05) is 6.92 Å². The first-order valence-electron chi connectivity index (χ1n) is 6.65. The van der Waals surface area contributed by atoms with Crippen LogP contribution in [0.4, 0.5) is 0 Å². The molecule has 0 bridgehead atoms. The molecule has 120 valence electrons. The molecule has 21 heavy (non-hydrogen) atoms. The Hall–Kier alpha value is -1.45. The molecular weight excluding hydrogens is 296 g/mol. The van der Waals surface area contributed by atoms with Crippen molar-refractivity contribution in [1.82, 2.24) is 19.4 Å². The molecule has 0 aliphatic heterocycles. The molecule has 8 nitrogen and oxygen atoms in total. The second-order valence-electron chi connectivity index (χ2n) is 5.04. The Morgan fingerprint density at radius 1 is 1.29 bits per heavy atom. The molecule has 0 saturated heterocycles. The van der Waals surface area contributed by atoms with Crippen molar-refractivity contribution in [2.75, 3.05) is 33.7 Å². The summed E-state index contributed by atoms with van der Waals surface area (Å²) < 4.78 is 26.8. The Kier molecular flexibility index (Phi) is 5.87. The number of aromatic nitrogens is 2. The summed E-state index contributed by atoms with van der Waals surface area (Å²) in [6.45, 7) is 4.56. The van der Waals surface area contributed by atoms with Crippen LogP contribution in [0.5, 0.6) is 0 Å². The zero-order chi connectivity index (χ0) is 16.2. The molecule has 0 aliphatic carbocycles. The molecule has 9 heteroatoms. The Labute approximate surface area is 124 Å². The second-order valence-corrected chi connectivity index (χ2v) is 6.91. The van der Waals surface area contributed by atoms with Gasteiger partial charge < -0.3 is 10.0 Å². The molecule has 0 aromatic carbocycles. The van der Waals surface area contributed by atoms with E-state index in [-0.39, 0.29) is 10.6 Å². The first-order chi connectivity index (χ1) is 9.71. The smallest absolute Gasteiger partial charge is 0.357 e. The largest absolute Gasteiger partial charge is 0.476 e. The summed E-state index contributed by atoms with van der Waals surface area (Å²) in [5.41, 5.74) is -0.225. The average molecular weight is 318 g/mol. The van der Waals surface area contributed by atoms with Gasteiger partial charge in [0.1, 0.15) is 4.90 Å². The van der Waals surface area contributed by atoms with E-state index in [1.54, 1.807) is 0 Å². The predicted molar refractivity (Wildman–Crippen MR) is 77.9 cm³/mol. The van der Waals surface area contributed by atoms with E-state index >= 15 is 0 Å². The molecule has 1 aromatic rings. The van der Waals surface area contributed by atoms with Crippen LogP contribution in [0.1, 0.15) is 29.5 Å². The van der Waals surface area contributed by atoms with Crippen molar-refractivity contribution in [2.24, 2.45) is 0 Å². The molecule has 0 unspecified atom stereocenters. The summed E-state index contributed by atoms with van der Waals surface area (Å²) >= 11 is 0. The van der Waals surface area contributed by atoms with E-state index in [9.17, 15) is 13.2 Å². The van der Waals surface area contributed by atoms with Gasteiger partial charge in [-0.3, -0.25) is 5.10 Å². The highest BCUT2D eigenvalue weighted by Crippen LogP contribution is 2.22. The number of hydrogen-bond donors (Lipinski definition) is 2. The van der Waals surface area contributed by atoms with Crippen LogP contribution >= 0.6 is 0 Å². The van der Waals surface area contributed by atoms with Crippen LogP contribution < -0.4 is 0 Å². The van der Waals surface area contributed by atoms with E-state index in [2.05, 4.69) is 10.2 Å². The van der Waals surface area contributed by atoms with Gasteiger partial charge in [0.05, 0.1) is 5.69 Å².